The first-order chi connectivity index (χ1) is 14.0. The Morgan fingerprint density at radius 2 is 1.83 bits per heavy atom. The molecule has 8 heteroatoms. The highest BCUT2D eigenvalue weighted by molar-refractivity contribution is 7.98. The summed E-state index contributed by atoms with van der Waals surface area (Å²) in [6.45, 7) is 4.38. The minimum absolute atomic E-state index is 0.133. The van der Waals surface area contributed by atoms with Gasteiger partial charge in [0.15, 0.2) is 11.0 Å². The van der Waals surface area contributed by atoms with Crippen LogP contribution in [0.15, 0.2) is 52.4 Å². The van der Waals surface area contributed by atoms with Crippen molar-refractivity contribution in [3.8, 4) is 5.75 Å². The molecule has 0 bridgehead atoms. The first kappa shape index (κ1) is 19.2. The number of fused-ring (bicyclic) bond motifs is 1. The minimum atomic E-state index is -0.133. The summed E-state index contributed by atoms with van der Waals surface area (Å²) in [6, 6.07) is 13.4. The molecule has 4 aromatic rings. The highest BCUT2D eigenvalue weighted by Gasteiger charge is 2.13. The van der Waals surface area contributed by atoms with Crippen LogP contribution in [0, 0.1) is 13.8 Å². The third kappa shape index (κ3) is 4.02. The molecule has 29 heavy (non-hydrogen) atoms. The van der Waals surface area contributed by atoms with Crippen molar-refractivity contribution in [3.05, 3.63) is 75.6 Å². The summed E-state index contributed by atoms with van der Waals surface area (Å²) < 4.78 is 7.88. The normalized spacial score (nSPS) is 11.1. The third-order valence-electron chi connectivity index (χ3n) is 4.68. The predicted octanol–water partition coefficient (Wildman–Crippen LogP) is 3.54. The number of aryl methyl sites for hydroxylation is 2. The number of nitrogens with one attached hydrogen (secondary N) is 1. The molecule has 0 saturated carbocycles. The van der Waals surface area contributed by atoms with Crippen molar-refractivity contribution in [1.29, 1.82) is 0 Å². The number of para-hydroxylation sites is 2. The number of benzene rings is 2. The van der Waals surface area contributed by atoms with Crippen molar-refractivity contribution >= 4 is 22.7 Å². The van der Waals surface area contributed by atoms with E-state index in [0.29, 0.717) is 29.1 Å². The predicted molar refractivity (Wildman–Crippen MR) is 113 cm³/mol. The van der Waals surface area contributed by atoms with Gasteiger partial charge in [-0.15, -0.1) is 10.2 Å². The van der Waals surface area contributed by atoms with Crippen LogP contribution in [0.2, 0.25) is 0 Å². The van der Waals surface area contributed by atoms with E-state index < -0.39 is 0 Å². The molecule has 0 unspecified atom stereocenters. The summed E-state index contributed by atoms with van der Waals surface area (Å²) in [5, 5.41) is 9.82. The number of hydrogen-bond acceptors (Lipinski definition) is 6. The molecule has 4 rings (SSSR count). The first-order valence-corrected chi connectivity index (χ1v) is 10.2. The van der Waals surface area contributed by atoms with E-state index in [9.17, 15) is 4.79 Å². The van der Waals surface area contributed by atoms with Crippen molar-refractivity contribution in [3.63, 3.8) is 0 Å². The van der Waals surface area contributed by atoms with Crippen LogP contribution < -0.4 is 10.3 Å². The Bertz CT molecular complexity index is 1210. The summed E-state index contributed by atoms with van der Waals surface area (Å²) in [4.78, 5) is 19.6. The number of H-pyrrole nitrogens is 1. The van der Waals surface area contributed by atoms with Gasteiger partial charge >= 0.3 is 0 Å². The van der Waals surface area contributed by atoms with Crippen LogP contribution in [0.4, 0.5) is 0 Å². The molecule has 0 fully saturated rings. The fourth-order valence-corrected chi connectivity index (χ4v) is 3.90. The van der Waals surface area contributed by atoms with Gasteiger partial charge < -0.3 is 14.3 Å². The van der Waals surface area contributed by atoms with Gasteiger partial charge in [0.25, 0.3) is 5.56 Å². The number of ether oxygens (including phenoxy) is 1. The summed E-state index contributed by atoms with van der Waals surface area (Å²) in [5.41, 5.74) is 2.74. The number of thioether (sulfide) groups is 1. The highest BCUT2D eigenvalue weighted by Crippen LogP contribution is 2.24. The lowest BCUT2D eigenvalue weighted by atomic mass is 10.1. The average molecular weight is 407 g/mol. The van der Waals surface area contributed by atoms with E-state index >= 15 is 0 Å². The SMILES string of the molecule is Cc1cccc(C)c1OCc1nnc(SCc2nc3ccccc3c(=O)[nH]2)n1C. The van der Waals surface area contributed by atoms with Gasteiger partial charge in [-0.3, -0.25) is 4.79 Å². The largest absolute Gasteiger partial charge is 0.485 e. The molecule has 0 aliphatic carbocycles. The van der Waals surface area contributed by atoms with Gasteiger partial charge in [-0.1, -0.05) is 42.1 Å². The van der Waals surface area contributed by atoms with E-state index in [0.717, 1.165) is 27.9 Å². The van der Waals surface area contributed by atoms with Crippen molar-refractivity contribution in [2.24, 2.45) is 7.05 Å². The van der Waals surface area contributed by atoms with Gasteiger partial charge in [-0.25, -0.2) is 4.98 Å². The molecule has 1 N–H and O–H groups in total. The second kappa shape index (κ2) is 8.08. The average Bonchev–Trinajstić information content (AvgIpc) is 3.06. The van der Waals surface area contributed by atoms with Crippen LogP contribution >= 0.6 is 11.8 Å². The monoisotopic (exact) mass is 407 g/mol. The Hall–Kier alpha value is -3.13. The van der Waals surface area contributed by atoms with Crippen LogP contribution in [0.1, 0.15) is 22.8 Å². The zero-order valence-corrected chi connectivity index (χ0v) is 17.3. The van der Waals surface area contributed by atoms with Crippen LogP contribution in [-0.2, 0) is 19.4 Å². The Morgan fingerprint density at radius 1 is 1.07 bits per heavy atom. The zero-order valence-electron chi connectivity index (χ0n) is 16.5. The van der Waals surface area contributed by atoms with Crippen LogP contribution in [-0.4, -0.2) is 24.7 Å². The second-order valence-corrected chi connectivity index (χ2v) is 7.73. The van der Waals surface area contributed by atoms with Gasteiger partial charge in [0, 0.05) is 7.05 Å². The maximum atomic E-state index is 12.2. The summed E-state index contributed by atoms with van der Waals surface area (Å²) in [6.07, 6.45) is 0. The Labute approximate surface area is 172 Å². The highest BCUT2D eigenvalue weighted by atomic mass is 32.2. The molecule has 7 nitrogen and oxygen atoms in total. The van der Waals surface area contributed by atoms with Gasteiger partial charge in [0.2, 0.25) is 0 Å². The van der Waals surface area contributed by atoms with E-state index in [2.05, 4.69) is 20.2 Å². The van der Waals surface area contributed by atoms with E-state index in [1.165, 1.54) is 11.8 Å². The quantitative estimate of drug-likeness (QED) is 0.492. The van der Waals surface area contributed by atoms with E-state index in [4.69, 9.17) is 4.74 Å². The van der Waals surface area contributed by atoms with Gasteiger partial charge in [0.1, 0.15) is 18.2 Å². The minimum Gasteiger partial charge on any atom is -0.485 e. The number of hydrogen-bond donors (Lipinski definition) is 1. The third-order valence-corrected chi connectivity index (χ3v) is 5.71. The lowest BCUT2D eigenvalue weighted by Gasteiger charge is -2.11. The Balaban J connectivity index is 1.46. The van der Waals surface area contributed by atoms with E-state index in [1.54, 1.807) is 6.07 Å². The molecule has 0 aliphatic rings. The molecule has 148 valence electrons. The van der Waals surface area contributed by atoms with Crippen LogP contribution in [0.25, 0.3) is 10.9 Å². The summed E-state index contributed by atoms with van der Waals surface area (Å²) >= 11 is 1.47. The maximum Gasteiger partial charge on any atom is 0.258 e. The summed E-state index contributed by atoms with van der Waals surface area (Å²) in [7, 11) is 1.91. The Morgan fingerprint density at radius 3 is 2.62 bits per heavy atom. The van der Waals surface area contributed by atoms with Crippen molar-refractivity contribution in [2.75, 3.05) is 0 Å². The molecule has 2 aromatic carbocycles. The van der Waals surface area contributed by atoms with Crippen LogP contribution in [0.3, 0.4) is 0 Å². The van der Waals surface area contributed by atoms with Gasteiger partial charge in [0.05, 0.1) is 16.7 Å². The fourth-order valence-electron chi connectivity index (χ4n) is 3.10. The summed E-state index contributed by atoms with van der Waals surface area (Å²) in [5.74, 6) is 2.71. The van der Waals surface area contributed by atoms with Crippen LogP contribution in [0.5, 0.6) is 5.75 Å². The molecular formula is C21H21N5O2S. The lowest BCUT2D eigenvalue weighted by molar-refractivity contribution is 0.286. The molecular weight excluding hydrogens is 386 g/mol. The molecule has 0 radical (unpaired) electrons. The molecule has 0 saturated heterocycles. The van der Waals surface area contributed by atoms with Crippen molar-refractivity contribution in [1.82, 2.24) is 24.7 Å². The smallest absolute Gasteiger partial charge is 0.258 e. The van der Waals surface area contributed by atoms with Gasteiger partial charge in [-0.05, 0) is 37.1 Å². The van der Waals surface area contributed by atoms with E-state index in [-0.39, 0.29) is 5.56 Å². The molecule has 0 aliphatic heterocycles. The number of aromatic nitrogens is 5. The second-order valence-electron chi connectivity index (χ2n) is 6.79. The first-order valence-electron chi connectivity index (χ1n) is 9.21. The lowest BCUT2D eigenvalue weighted by Crippen LogP contribution is -2.11. The molecule has 0 amide bonds. The number of rotatable bonds is 6. The van der Waals surface area contributed by atoms with Crippen molar-refractivity contribution < 1.29 is 4.74 Å². The maximum absolute atomic E-state index is 12.2. The van der Waals surface area contributed by atoms with Crippen molar-refractivity contribution in [2.45, 2.75) is 31.4 Å². The van der Waals surface area contributed by atoms with Gasteiger partial charge in [-0.2, -0.15) is 0 Å². The zero-order chi connectivity index (χ0) is 20.4. The molecule has 2 heterocycles. The molecule has 0 atom stereocenters. The fraction of sp³-hybridized carbons (Fsp3) is 0.238. The molecule has 0 spiro atoms. The molecule has 2 aromatic heterocycles. The van der Waals surface area contributed by atoms with E-state index in [1.807, 2.05) is 61.9 Å². The topological polar surface area (TPSA) is 85.7 Å². The number of nitrogens with zero attached hydrogens (tertiary/aromatic N) is 4. The Kier molecular flexibility index (Phi) is 5.35. The standard InChI is InChI=1S/C21H21N5O2S/c1-13-7-6-8-14(2)19(13)28-11-18-24-25-21(26(18)3)29-12-17-22-16-10-5-4-9-15(16)20(27)23-17/h4-10H,11-12H2,1-3H3,(H,22,23,27). The number of aromatic amines is 1.